The zero-order valence-electron chi connectivity index (χ0n) is 10.6. The number of rotatable bonds is 6. The van der Waals surface area contributed by atoms with Gasteiger partial charge in [0.05, 0.1) is 16.8 Å². The second-order valence-electron chi connectivity index (χ2n) is 4.23. The van der Waals surface area contributed by atoms with E-state index in [1.165, 1.54) is 0 Å². The lowest BCUT2D eigenvalue weighted by atomic mass is 9.92. The Balaban J connectivity index is 2.50. The van der Waals surface area contributed by atoms with Gasteiger partial charge in [-0.15, -0.1) is 0 Å². The van der Waals surface area contributed by atoms with Crippen LogP contribution in [-0.2, 0) is 6.54 Å². The van der Waals surface area contributed by atoms with Crippen LogP contribution in [0.4, 0.5) is 0 Å². The van der Waals surface area contributed by atoms with E-state index in [1.807, 2.05) is 31.8 Å². The van der Waals surface area contributed by atoms with E-state index < -0.39 is 5.54 Å². The van der Waals surface area contributed by atoms with Crippen LogP contribution in [0.15, 0.2) is 6.20 Å². The summed E-state index contributed by atoms with van der Waals surface area (Å²) in [6.07, 6.45) is 4.35. The van der Waals surface area contributed by atoms with Crippen molar-refractivity contribution < 1.29 is 0 Å². The standard InChI is InChI=1S/C12H19ClN4/c1-4-12(9-14,15-3)6-5-7-17-8-11(13)10(2)16-17/h8,15H,4-7H2,1-3H3. The zero-order chi connectivity index (χ0) is 12.9. The Bertz CT molecular complexity index is 382. The molecule has 5 heteroatoms. The summed E-state index contributed by atoms with van der Waals surface area (Å²) < 4.78 is 1.84. The highest BCUT2D eigenvalue weighted by Gasteiger charge is 2.24. The third kappa shape index (κ3) is 3.45. The molecule has 0 amide bonds. The minimum atomic E-state index is -0.411. The van der Waals surface area contributed by atoms with Crippen molar-refractivity contribution in [2.45, 2.75) is 45.2 Å². The molecule has 0 bridgehead atoms. The number of halogens is 1. The Morgan fingerprint density at radius 1 is 1.65 bits per heavy atom. The Hall–Kier alpha value is -1.05. The average Bonchev–Trinajstić information content (AvgIpc) is 2.65. The van der Waals surface area contributed by atoms with Gasteiger partial charge in [-0.1, -0.05) is 18.5 Å². The van der Waals surface area contributed by atoms with Gasteiger partial charge in [-0.25, -0.2) is 0 Å². The van der Waals surface area contributed by atoms with Crippen molar-refractivity contribution in [2.24, 2.45) is 0 Å². The highest BCUT2D eigenvalue weighted by atomic mass is 35.5. The second-order valence-corrected chi connectivity index (χ2v) is 4.63. The first kappa shape index (κ1) is 14.0. The third-order valence-electron chi connectivity index (χ3n) is 3.17. The Morgan fingerprint density at radius 3 is 2.76 bits per heavy atom. The van der Waals surface area contributed by atoms with E-state index in [4.69, 9.17) is 16.9 Å². The molecule has 1 unspecified atom stereocenters. The van der Waals surface area contributed by atoms with Gasteiger partial charge in [0.15, 0.2) is 0 Å². The Morgan fingerprint density at radius 2 is 2.35 bits per heavy atom. The summed E-state index contributed by atoms with van der Waals surface area (Å²) in [6.45, 7) is 4.70. The summed E-state index contributed by atoms with van der Waals surface area (Å²) in [5.41, 5.74) is 0.439. The van der Waals surface area contributed by atoms with Gasteiger partial charge in [-0.05, 0) is 33.2 Å². The van der Waals surface area contributed by atoms with Crippen LogP contribution in [0.3, 0.4) is 0 Å². The van der Waals surface area contributed by atoms with E-state index in [9.17, 15) is 0 Å². The first-order valence-corrected chi connectivity index (χ1v) is 6.24. The molecule has 0 aromatic carbocycles. The number of nitrogens with zero attached hydrogens (tertiary/aromatic N) is 3. The number of aryl methyl sites for hydroxylation is 2. The van der Waals surface area contributed by atoms with Crippen LogP contribution in [0, 0.1) is 18.3 Å². The molecule has 0 aliphatic heterocycles. The van der Waals surface area contributed by atoms with E-state index in [1.54, 1.807) is 0 Å². The molecule has 1 N–H and O–H groups in total. The maximum atomic E-state index is 9.17. The molecule has 17 heavy (non-hydrogen) atoms. The van der Waals surface area contributed by atoms with Gasteiger partial charge < -0.3 is 5.32 Å². The fraction of sp³-hybridized carbons (Fsp3) is 0.667. The van der Waals surface area contributed by atoms with Gasteiger partial charge in [0.1, 0.15) is 5.54 Å². The Labute approximate surface area is 108 Å². The molecular weight excluding hydrogens is 236 g/mol. The van der Waals surface area contributed by atoms with E-state index in [0.29, 0.717) is 5.02 Å². The number of hydrogen-bond acceptors (Lipinski definition) is 3. The number of aromatic nitrogens is 2. The second kappa shape index (κ2) is 6.04. The lowest BCUT2D eigenvalue weighted by Gasteiger charge is -2.24. The summed E-state index contributed by atoms with van der Waals surface area (Å²) in [5.74, 6) is 0. The Kier molecular flexibility index (Phi) is 4.98. The molecule has 1 rings (SSSR count). The zero-order valence-corrected chi connectivity index (χ0v) is 11.4. The molecule has 0 aliphatic rings. The molecule has 0 fully saturated rings. The molecule has 0 aliphatic carbocycles. The van der Waals surface area contributed by atoms with Crippen LogP contribution in [0.5, 0.6) is 0 Å². The van der Waals surface area contributed by atoms with E-state index in [-0.39, 0.29) is 0 Å². The molecule has 1 aromatic heterocycles. The predicted octanol–water partition coefficient (Wildman–Crippen LogP) is 2.52. The minimum Gasteiger partial charge on any atom is -0.302 e. The van der Waals surface area contributed by atoms with Crippen LogP contribution >= 0.6 is 11.6 Å². The van der Waals surface area contributed by atoms with Crippen LogP contribution < -0.4 is 5.32 Å². The summed E-state index contributed by atoms with van der Waals surface area (Å²) in [5, 5.41) is 17.3. The number of nitriles is 1. The van der Waals surface area contributed by atoms with Gasteiger partial charge in [0.25, 0.3) is 0 Å². The molecule has 4 nitrogen and oxygen atoms in total. The van der Waals surface area contributed by atoms with Gasteiger partial charge >= 0.3 is 0 Å². The van der Waals surface area contributed by atoms with Crippen molar-refractivity contribution in [3.05, 3.63) is 16.9 Å². The molecular formula is C12H19ClN4. The molecule has 0 radical (unpaired) electrons. The minimum absolute atomic E-state index is 0.411. The monoisotopic (exact) mass is 254 g/mol. The summed E-state index contributed by atoms with van der Waals surface area (Å²) >= 11 is 5.93. The lowest BCUT2D eigenvalue weighted by Crippen LogP contribution is -2.40. The SMILES string of the molecule is CCC(C#N)(CCCn1cc(Cl)c(C)n1)NC. The molecule has 0 spiro atoms. The van der Waals surface area contributed by atoms with Crippen molar-refractivity contribution in [2.75, 3.05) is 7.05 Å². The summed E-state index contributed by atoms with van der Waals surface area (Å²) in [7, 11) is 1.83. The lowest BCUT2D eigenvalue weighted by molar-refractivity contribution is 0.375. The van der Waals surface area contributed by atoms with Gasteiger partial charge in [-0.3, -0.25) is 4.68 Å². The van der Waals surface area contributed by atoms with Gasteiger partial charge in [0, 0.05) is 12.7 Å². The van der Waals surface area contributed by atoms with Crippen LogP contribution in [-0.4, -0.2) is 22.4 Å². The van der Waals surface area contributed by atoms with Crippen molar-refractivity contribution in [1.82, 2.24) is 15.1 Å². The number of hydrogen-bond donors (Lipinski definition) is 1. The molecule has 94 valence electrons. The fourth-order valence-corrected chi connectivity index (χ4v) is 1.97. The van der Waals surface area contributed by atoms with E-state index in [0.717, 1.165) is 31.5 Å². The van der Waals surface area contributed by atoms with Crippen LogP contribution in [0.1, 0.15) is 31.9 Å². The van der Waals surface area contributed by atoms with E-state index in [2.05, 4.69) is 16.5 Å². The van der Waals surface area contributed by atoms with Crippen molar-refractivity contribution in [1.29, 1.82) is 5.26 Å². The maximum absolute atomic E-state index is 9.17. The fourth-order valence-electron chi connectivity index (χ4n) is 1.82. The molecule has 0 saturated carbocycles. The van der Waals surface area contributed by atoms with Gasteiger partial charge in [0.2, 0.25) is 0 Å². The largest absolute Gasteiger partial charge is 0.302 e. The van der Waals surface area contributed by atoms with Crippen LogP contribution in [0.2, 0.25) is 5.02 Å². The third-order valence-corrected chi connectivity index (χ3v) is 3.54. The first-order chi connectivity index (χ1) is 8.06. The van der Waals surface area contributed by atoms with Crippen molar-refractivity contribution >= 4 is 11.6 Å². The topological polar surface area (TPSA) is 53.6 Å². The van der Waals surface area contributed by atoms with Crippen LogP contribution in [0.25, 0.3) is 0 Å². The maximum Gasteiger partial charge on any atom is 0.106 e. The highest BCUT2D eigenvalue weighted by molar-refractivity contribution is 6.31. The average molecular weight is 255 g/mol. The van der Waals surface area contributed by atoms with Gasteiger partial charge in [-0.2, -0.15) is 10.4 Å². The molecule has 0 saturated heterocycles. The number of nitrogens with one attached hydrogen (secondary N) is 1. The highest BCUT2D eigenvalue weighted by Crippen LogP contribution is 2.17. The van der Waals surface area contributed by atoms with E-state index >= 15 is 0 Å². The predicted molar refractivity (Wildman–Crippen MR) is 68.9 cm³/mol. The summed E-state index contributed by atoms with van der Waals surface area (Å²) in [6, 6.07) is 2.35. The van der Waals surface area contributed by atoms with Crippen molar-refractivity contribution in [3.8, 4) is 6.07 Å². The normalized spacial score (nSPS) is 14.3. The quantitative estimate of drug-likeness (QED) is 0.849. The smallest absolute Gasteiger partial charge is 0.106 e. The molecule has 1 heterocycles. The first-order valence-electron chi connectivity index (χ1n) is 5.86. The molecule has 1 atom stereocenters. The molecule has 1 aromatic rings. The summed E-state index contributed by atoms with van der Waals surface area (Å²) in [4.78, 5) is 0. The van der Waals surface area contributed by atoms with Crippen molar-refractivity contribution in [3.63, 3.8) is 0 Å².